The van der Waals surface area contributed by atoms with Crippen LogP contribution in [0, 0.1) is 12.7 Å². The van der Waals surface area contributed by atoms with Crippen molar-refractivity contribution in [1.82, 2.24) is 15.0 Å². The zero-order chi connectivity index (χ0) is 13.3. The van der Waals surface area contributed by atoms with Crippen molar-refractivity contribution in [2.45, 2.75) is 13.1 Å². The van der Waals surface area contributed by atoms with Gasteiger partial charge in [0.05, 0.1) is 12.4 Å². The van der Waals surface area contributed by atoms with Crippen molar-refractivity contribution in [2.24, 2.45) is 0 Å². The number of alkyl halides is 3. The fourth-order valence-electron chi connectivity index (χ4n) is 1.40. The summed E-state index contributed by atoms with van der Waals surface area (Å²) in [5.74, 6) is -0.632. The molecule has 0 radical (unpaired) electrons. The van der Waals surface area contributed by atoms with Crippen molar-refractivity contribution in [3.8, 4) is 11.4 Å². The largest absolute Gasteiger partial charge is 0.433 e. The van der Waals surface area contributed by atoms with Crippen molar-refractivity contribution in [2.75, 3.05) is 0 Å². The highest BCUT2D eigenvalue weighted by Gasteiger charge is 2.33. The second-order valence-corrected chi connectivity index (χ2v) is 3.61. The Balaban J connectivity index is 2.52. The highest BCUT2D eigenvalue weighted by Crippen LogP contribution is 2.30. The van der Waals surface area contributed by atoms with E-state index in [-0.39, 0.29) is 17.1 Å². The minimum absolute atomic E-state index is 0.0207. The Hall–Kier alpha value is -2.05. The third-order valence-electron chi connectivity index (χ3n) is 2.12. The fraction of sp³-hybridized carbons (Fsp3) is 0.182. The van der Waals surface area contributed by atoms with Crippen LogP contribution in [-0.2, 0) is 6.18 Å². The number of hydrogen-bond donors (Lipinski definition) is 0. The number of hydrogen-bond acceptors (Lipinski definition) is 3. The van der Waals surface area contributed by atoms with Gasteiger partial charge >= 0.3 is 6.18 Å². The summed E-state index contributed by atoms with van der Waals surface area (Å²) in [4.78, 5) is 10.7. The van der Waals surface area contributed by atoms with Gasteiger partial charge in [-0.25, -0.2) is 19.3 Å². The molecule has 3 nitrogen and oxygen atoms in total. The van der Waals surface area contributed by atoms with E-state index in [1.54, 1.807) is 0 Å². The summed E-state index contributed by atoms with van der Waals surface area (Å²) >= 11 is 0. The smallest absolute Gasteiger partial charge is 0.249 e. The highest BCUT2D eigenvalue weighted by molar-refractivity contribution is 5.55. The number of halogens is 4. The Morgan fingerprint density at radius 2 is 1.67 bits per heavy atom. The predicted octanol–water partition coefficient (Wildman–Crippen LogP) is 3.00. The lowest BCUT2D eigenvalue weighted by atomic mass is 10.1. The first-order valence-electron chi connectivity index (χ1n) is 4.90. The fourth-order valence-corrected chi connectivity index (χ4v) is 1.40. The van der Waals surface area contributed by atoms with Crippen molar-refractivity contribution in [3.05, 3.63) is 41.7 Å². The molecule has 0 unspecified atom stereocenters. The summed E-state index contributed by atoms with van der Waals surface area (Å²) in [5.41, 5.74) is -0.687. The van der Waals surface area contributed by atoms with Gasteiger partial charge in [-0.1, -0.05) is 0 Å². The summed E-state index contributed by atoms with van der Waals surface area (Å²) in [6, 6.07) is 2.24. The molecule has 0 aliphatic carbocycles. The standard InChI is InChI=1S/C11H7F4N3/c1-6-2-7(3-9(18-6)11(13,14)15)10-16-4-8(12)5-17-10/h2-5H,1H3. The second kappa shape index (κ2) is 4.32. The van der Waals surface area contributed by atoms with Crippen LogP contribution in [0.3, 0.4) is 0 Å². The van der Waals surface area contributed by atoms with Crippen molar-refractivity contribution >= 4 is 0 Å². The first-order valence-corrected chi connectivity index (χ1v) is 4.90. The van der Waals surface area contributed by atoms with E-state index in [2.05, 4.69) is 15.0 Å². The van der Waals surface area contributed by atoms with Gasteiger partial charge in [0.15, 0.2) is 11.6 Å². The lowest BCUT2D eigenvalue weighted by molar-refractivity contribution is -0.141. The molecule has 0 saturated carbocycles. The molecule has 7 heteroatoms. The van der Waals surface area contributed by atoms with Gasteiger partial charge < -0.3 is 0 Å². The molecule has 2 heterocycles. The van der Waals surface area contributed by atoms with Gasteiger partial charge in [0, 0.05) is 11.3 Å². The zero-order valence-electron chi connectivity index (χ0n) is 9.16. The Labute approximate surface area is 99.5 Å². The summed E-state index contributed by atoms with van der Waals surface area (Å²) in [6.07, 6.45) is -2.75. The molecule has 0 aliphatic rings. The van der Waals surface area contributed by atoms with Crippen LogP contribution in [-0.4, -0.2) is 15.0 Å². The van der Waals surface area contributed by atoms with E-state index in [0.29, 0.717) is 0 Å². The van der Waals surface area contributed by atoms with Gasteiger partial charge in [-0.15, -0.1) is 0 Å². The average molecular weight is 257 g/mol. The van der Waals surface area contributed by atoms with E-state index in [0.717, 1.165) is 18.5 Å². The van der Waals surface area contributed by atoms with Gasteiger partial charge in [0.2, 0.25) is 0 Å². The molecule has 0 N–H and O–H groups in total. The third-order valence-corrected chi connectivity index (χ3v) is 2.12. The number of rotatable bonds is 1. The van der Waals surface area contributed by atoms with Crippen LogP contribution in [0.15, 0.2) is 24.5 Å². The van der Waals surface area contributed by atoms with Crippen LogP contribution < -0.4 is 0 Å². The molecule has 18 heavy (non-hydrogen) atoms. The Kier molecular flexibility index (Phi) is 2.98. The molecule has 0 fully saturated rings. The normalized spacial score (nSPS) is 11.6. The van der Waals surface area contributed by atoms with Crippen LogP contribution in [0.25, 0.3) is 11.4 Å². The SMILES string of the molecule is Cc1cc(-c2ncc(F)cn2)cc(C(F)(F)F)n1. The van der Waals surface area contributed by atoms with E-state index in [1.807, 2.05) is 0 Å². The lowest BCUT2D eigenvalue weighted by Crippen LogP contribution is -2.09. The summed E-state index contributed by atoms with van der Waals surface area (Å²) in [6.45, 7) is 1.43. The van der Waals surface area contributed by atoms with Crippen LogP contribution in [0.4, 0.5) is 17.6 Å². The van der Waals surface area contributed by atoms with E-state index < -0.39 is 17.7 Å². The highest BCUT2D eigenvalue weighted by atomic mass is 19.4. The average Bonchev–Trinajstić information content (AvgIpc) is 2.28. The van der Waals surface area contributed by atoms with Gasteiger partial charge in [-0.3, -0.25) is 0 Å². The van der Waals surface area contributed by atoms with Crippen LogP contribution in [0.1, 0.15) is 11.4 Å². The Bertz CT molecular complexity index is 563. The summed E-state index contributed by atoms with van der Waals surface area (Å²) < 4.78 is 50.3. The topological polar surface area (TPSA) is 38.7 Å². The molecule has 0 aliphatic heterocycles. The van der Waals surface area contributed by atoms with Gasteiger partial charge in [0.1, 0.15) is 5.69 Å². The first-order chi connectivity index (χ1) is 8.36. The van der Waals surface area contributed by atoms with E-state index in [1.165, 1.54) is 13.0 Å². The third kappa shape index (κ3) is 2.61. The number of pyridine rings is 1. The molecule has 0 saturated heterocycles. The quantitative estimate of drug-likeness (QED) is 0.737. The molecule has 0 atom stereocenters. The van der Waals surface area contributed by atoms with Gasteiger partial charge in [-0.05, 0) is 19.1 Å². The minimum Gasteiger partial charge on any atom is -0.249 e. The van der Waals surface area contributed by atoms with E-state index in [4.69, 9.17) is 0 Å². The second-order valence-electron chi connectivity index (χ2n) is 3.61. The molecule has 2 aromatic rings. The molecular weight excluding hydrogens is 250 g/mol. The molecule has 2 rings (SSSR count). The molecule has 0 amide bonds. The van der Waals surface area contributed by atoms with Crippen LogP contribution >= 0.6 is 0 Å². The zero-order valence-corrected chi connectivity index (χ0v) is 9.16. The Morgan fingerprint density at radius 1 is 1.06 bits per heavy atom. The molecule has 94 valence electrons. The Morgan fingerprint density at radius 3 is 2.22 bits per heavy atom. The number of aromatic nitrogens is 3. The molecule has 0 bridgehead atoms. The summed E-state index contributed by atoms with van der Waals surface area (Å²) in [7, 11) is 0. The maximum atomic E-state index is 12.6. The van der Waals surface area contributed by atoms with Crippen molar-refractivity contribution < 1.29 is 17.6 Å². The lowest BCUT2D eigenvalue weighted by Gasteiger charge is -2.08. The van der Waals surface area contributed by atoms with Crippen LogP contribution in [0.2, 0.25) is 0 Å². The maximum absolute atomic E-state index is 12.6. The van der Waals surface area contributed by atoms with Crippen LogP contribution in [0.5, 0.6) is 0 Å². The van der Waals surface area contributed by atoms with E-state index >= 15 is 0 Å². The summed E-state index contributed by atoms with van der Waals surface area (Å²) in [5, 5.41) is 0. The molecule has 0 spiro atoms. The molecule has 0 aromatic carbocycles. The predicted molar refractivity (Wildman–Crippen MR) is 55.0 cm³/mol. The molecular formula is C11H7F4N3. The van der Waals surface area contributed by atoms with E-state index in [9.17, 15) is 17.6 Å². The number of aryl methyl sites for hydroxylation is 1. The maximum Gasteiger partial charge on any atom is 0.433 e. The minimum atomic E-state index is -4.54. The van der Waals surface area contributed by atoms with Gasteiger partial charge in [-0.2, -0.15) is 13.2 Å². The van der Waals surface area contributed by atoms with Crippen molar-refractivity contribution in [3.63, 3.8) is 0 Å². The monoisotopic (exact) mass is 257 g/mol. The first kappa shape index (κ1) is 12.4. The van der Waals surface area contributed by atoms with Gasteiger partial charge in [0.25, 0.3) is 0 Å². The van der Waals surface area contributed by atoms with Crippen molar-refractivity contribution in [1.29, 1.82) is 0 Å². The molecule has 2 aromatic heterocycles. The number of nitrogens with zero attached hydrogens (tertiary/aromatic N) is 3.